The number of nitrogens with zero attached hydrogens (tertiary/aromatic N) is 4. The summed E-state index contributed by atoms with van der Waals surface area (Å²) in [5.74, 6) is 3.84. The standard InChI is InChI=1S/2C12H23NO.C8H17NO.C6H13NO.C6H11N/c1-10(2)9-12(14)13(3)11-7-5-4-6-8-11;1-11(2)7-6-8-12(14)13-9-4-3-5-10-13;1-7(2)5-6-8(10)9(3)4;1-5(2)3-4-6(7)8;1-6(2)4-3-5-7/h10-11H,4-9H2,1-3H3;11H,3-10H2,1-2H3;7H,5-6H2,1-4H3;5H,3-4H2,1-2H3,(H2,7,8);6H,3-4H2,1-2H3. The number of carbonyl (C=O) groups is 4. The molecule has 1 heterocycles. The Morgan fingerprint density at radius 1 is 0.642 bits per heavy atom. The number of amides is 4. The fraction of sp³-hybridized carbons (Fsp3) is 0.886. The van der Waals surface area contributed by atoms with Gasteiger partial charge < -0.3 is 20.4 Å². The fourth-order valence-electron chi connectivity index (χ4n) is 5.55. The third kappa shape index (κ3) is 38.9. The summed E-state index contributed by atoms with van der Waals surface area (Å²) in [7, 11) is 5.56. The van der Waals surface area contributed by atoms with Crippen molar-refractivity contribution in [3.63, 3.8) is 0 Å². The van der Waals surface area contributed by atoms with Gasteiger partial charge in [-0.2, -0.15) is 5.26 Å². The third-order valence-corrected chi connectivity index (χ3v) is 9.22. The normalized spacial score (nSPS) is 14.1. The fourth-order valence-corrected chi connectivity index (χ4v) is 5.55. The Morgan fingerprint density at radius 2 is 1.11 bits per heavy atom. The summed E-state index contributed by atoms with van der Waals surface area (Å²) in [6, 6.07) is 2.62. The Kier molecular flexibility index (Phi) is 36.2. The van der Waals surface area contributed by atoms with Crippen LogP contribution in [0.25, 0.3) is 0 Å². The van der Waals surface area contributed by atoms with Crippen LogP contribution in [0, 0.1) is 40.9 Å². The predicted molar refractivity (Wildman–Crippen MR) is 224 cm³/mol. The minimum atomic E-state index is -0.196. The van der Waals surface area contributed by atoms with E-state index in [1.807, 2.05) is 16.8 Å². The maximum absolute atomic E-state index is 11.8. The van der Waals surface area contributed by atoms with Crippen LogP contribution in [0.2, 0.25) is 0 Å². The lowest BCUT2D eigenvalue weighted by Gasteiger charge is -2.31. The maximum atomic E-state index is 11.8. The van der Waals surface area contributed by atoms with Gasteiger partial charge in [0.25, 0.3) is 0 Å². The first-order valence-corrected chi connectivity index (χ1v) is 21.1. The molecule has 9 heteroatoms. The van der Waals surface area contributed by atoms with Gasteiger partial charge in [-0.1, -0.05) is 94.9 Å². The number of hydrogen-bond donors (Lipinski definition) is 1. The van der Waals surface area contributed by atoms with Gasteiger partial charge in [0.15, 0.2) is 0 Å². The number of nitriles is 1. The largest absolute Gasteiger partial charge is 0.370 e. The van der Waals surface area contributed by atoms with Crippen molar-refractivity contribution in [2.75, 3.05) is 34.2 Å². The lowest BCUT2D eigenvalue weighted by Crippen LogP contribution is -2.38. The van der Waals surface area contributed by atoms with Gasteiger partial charge in [0, 0.05) is 72.4 Å². The van der Waals surface area contributed by atoms with Crippen LogP contribution in [0.15, 0.2) is 0 Å². The van der Waals surface area contributed by atoms with Crippen LogP contribution in [-0.2, 0) is 19.2 Å². The molecular formula is C44H87N5O4. The lowest BCUT2D eigenvalue weighted by atomic mass is 9.94. The van der Waals surface area contributed by atoms with E-state index in [9.17, 15) is 19.2 Å². The molecule has 1 aliphatic carbocycles. The number of hydrogen-bond acceptors (Lipinski definition) is 5. The number of likely N-dealkylation sites (tertiary alicyclic amines) is 1. The molecule has 0 bridgehead atoms. The molecule has 2 N–H and O–H groups in total. The molecule has 2 aliphatic rings. The molecule has 0 spiro atoms. The highest BCUT2D eigenvalue weighted by atomic mass is 16.2. The van der Waals surface area contributed by atoms with Gasteiger partial charge in [0.05, 0.1) is 6.07 Å². The van der Waals surface area contributed by atoms with Gasteiger partial charge in [-0.05, 0) is 87.4 Å². The van der Waals surface area contributed by atoms with E-state index in [1.165, 1.54) is 57.8 Å². The van der Waals surface area contributed by atoms with E-state index in [2.05, 4.69) is 75.3 Å². The Labute approximate surface area is 328 Å². The zero-order valence-electron chi connectivity index (χ0n) is 37.1. The predicted octanol–water partition coefficient (Wildman–Crippen LogP) is 10.0. The molecule has 9 nitrogen and oxygen atoms in total. The highest BCUT2D eigenvalue weighted by Gasteiger charge is 2.22. The summed E-state index contributed by atoms with van der Waals surface area (Å²) in [6.07, 6.45) is 18.6. The Morgan fingerprint density at radius 3 is 1.49 bits per heavy atom. The molecule has 0 aromatic rings. The number of piperidine rings is 1. The molecule has 1 saturated heterocycles. The molecule has 0 unspecified atom stereocenters. The van der Waals surface area contributed by atoms with E-state index in [1.54, 1.807) is 19.0 Å². The molecule has 1 saturated carbocycles. The van der Waals surface area contributed by atoms with E-state index < -0.39 is 0 Å². The second-order valence-corrected chi connectivity index (χ2v) is 17.3. The second-order valence-electron chi connectivity index (χ2n) is 17.3. The SMILES string of the molecule is CC(C)CC(=O)N(C)C1CCCCC1.CC(C)CCC#N.CC(C)CCC(=O)N(C)C.CC(C)CCC(N)=O.CC(C)CCCC(=O)N1CCCCC1. The van der Waals surface area contributed by atoms with Crippen LogP contribution in [-0.4, -0.2) is 78.6 Å². The number of primary amides is 1. The van der Waals surface area contributed by atoms with Crippen molar-refractivity contribution in [1.82, 2.24) is 14.7 Å². The Hall–Kier alpha value is -2.63. The molecule has 1 aliphatic heterocycles. The van der Waals surface area contributed by atoms with Crippen molar-refractivity contribution in [1.29, 1.82) is 5.26 Å². The number of rotatable bonds is 15. The van der Waals surface area contributed by atoms with Crippen LogP contribution < -0.4 is 5.73 Å². The average Bonchev–Trinajstić information content (AvgIpc) is 3.09. The Balaban J connectivity index is -0.000000607. The van der Waals surface area contributed by atoms with Gasteiger partial charge >= 0.3 is 0 Å². The zero-order chi connectivity index (χ0) is 41.4. The smallest absolute Gasteiger partial charge is 0.222 e. The summed E-state index contributed by atoms with van der Waals surface area (Å²) in [4.78, 5) is 50.3. The molecule has 0 radical (unpaired) electrons. The summed E-state index contributed by atoms with van der Waals surface area (Å²) in [5.41, 5.74) is 4.90. The summed E-state index contributed by atoms with van der Waals surface area (Å²) in [5, 5.41) is 8.07. The van der Waals surface area contributed by atoms with Crippen molar-refractivity contribution < 1.29 is 19.2 Å². The maximum Gasteiger partial charge on any atom is 0.222 e. The summed E-state index contributed by atoms with van der Waals surface area (Å²) < 4.78 is 0. The monoisotopic (exact) mass is 750 g/mol. The molecule has 0 atom stereocenters. The number of nitrogens with two attached hydrogens (primary N) is 1. The zero-order valence-corrected chi connectivity index (χ0v) is 37.1. The van der Waals surface area contributed by atoms with Crippen LogP contribution in [0.5, 0.6) is 0 Å². The first-order chi connectivity index (χ1) is 24.7. The molecular weight excluding hydrogens is 663 g/mol. The molecule has 4 amide bonds. The van der Waals surface area contributed by atoms with E-state index >= 15 is 0 Å². The van der Waals surface area contributed by atoms with Crippen molar-refractivity contribution in [2.24, 2.45) is 35.3 Å². The minimum Gasteiger partial charge on any atom is -0.370 e. The minimum absolute atomic E-state index is 0.196. The lowest BCUT2D eigenvalue weighted by molar-refractivity contribution is -0.133. The molecule has 2 fully saturated rings. The van der Waals surface area contributed by atoms with Crippen LogP contribution in [0.3, 0.4) is 0 Å². The number of carbonyl (C=O) groups excluding carboxylic acids is 4. The van der Waals surface area contributed by atoms with Crippen LogP contribution in [0.4, 0.5) is 0 Å². The summed E-state index contributed by atoms with van der Waals surface area (Å²) >= 11 is 0. The van der Waals surface area contributed by atoms with E-state index in [0.717, 1.165) is 51.1 Å². The second kappa shape index (κ2) is 35.1. The summed E-state index contributed by atoms with van der Waals surface area (Å²) in [6.45, 7) is 23.3. The first kappa shape index (κ1) is 54.7. The third-order valence-electron chi connectivity index (χ3n) is 9.22. The highest BCUT2D eigenvalue weighted by molar-refractivity contribution is 5.77. The van der Waals surface area contributed by atoms with Crippen molar-refractivity contribution in [3.05, 3.63) is 0 Å². The Bertz CT molecular complexity index is 959. The van der Waals surface area contributed by atoms with Gasteiger partial charge in [-0.15, -0.1) is 0 Å². The van der Waals surface area contributed by atoms with Crippen LogP contribution in [0.1, 0.15) is 185 Å². The van der Waals surface area contributed by atoms with Crippen LogP contribution >= 0.6 is 0 Å². The van der Waals surface area contributed by atoms with Gasteiger partial charge in [-0.3, -0.25) is 19.2 Å². The van der Waals surface area contributed by atoms with E-state index in [0.29, 0.717) is 67.2 Å². The molecule has 0 aromatic carbocycles. The van der Waals surface area contributed by atoms with Crippen molar-refractivity contribution in [3.8, 4) is 6.07 Å². The highest BCUT2D eigenvalue weighted by Crippen LogP contribution is 2.22. The molecule has 53 heavy (non-hydrogen) atoms. The molecule has 0 aromatic heterocycles. The van der Waals surface area contributed by atoms with Crippen molar-refractivity contribution in [2.45, 2.75) is 191 Å². The van der Waals surface area contributed by atoms with Gasteiger partial charge in [0.1, 0.15) is 0 Å². The average molecular weight is 750 g/mol. The van der Waals surface area contributed by atoms with Gasteiger partial charge in [0.2, 0.25) is 23.6 Å². The first-order valence-electron chi connectivity index (χ1n) is 21.1. The molecule has 312 valence electrons. The van der Waals surface area contributed by atoms with Gasteiger partial charge in [-0.25, -0.2) is 0 Å². The van der Waals surface area contributed by atoms with Crippen molar-refractivity contribution >= 4 is 23.6 Å². The van der Waals surface area contributed by atoms with E-state index in [4.69, 9.17) is 11.0 Å². The topological polar surface area (TPSA) is 128 Å². The molecule has 2 rings (SSSR count). The van der Waals surface area contributed by atoms with E-state index in [-0.39, 0.29) is 11.8 Å². The quantitative estimate of drug-likeness (QED) is 0.178.